The summed E-state index contributed by atoms with van der Waals surface area (Å²) in [7, 11) is 3.72. The van der Waals surface area contributed by atoms with Gasteiger partial charge in [-0.25, -0.2) is 0 Å². The maximum Gasteiger partial charge on any atom is 0.214 e. The highest BCUT2D eigenvalue weighted by molar-refractivity contribution is 5.39. The third kappa shape index (κ3) is 3.58. The van der Waals surface area contributed by atoms with Crippen molar-refractivity contribution in [2.45, 2.75) is 0 Å². The fourth-order valence-corrected chi connectivity index (χ4v) is 2.07. The molecule has 1 aromatic rings. The first-order valence-corrected chi connectivity index (χ1v) is 6.45. The van der Waals surface area contributed by atoms with Crippen LogP contribution in [-0.2, 0) is 0 Å². The number of hydrogen-bond donors (Lipinski definition) is 1. The van der Waals surface area contributed by atoms with Gasteiger partial charge in [-0.3, -0.25) is 4.90 Å². The SMILES string of the molecule is COc1cccc(N(C)CCN2CCNCC2)n1. The monoisotopic (exact) mass is 250 g/mol. The summed E-state index contributed by atoms with van der Waals surface area (Å²) >= 11 is 0. The Labute approximate surface area is 109 Å². The summed E-state index contributed by atoms with van der Waals surface area (Å²) in [5.74, 6) is 1.63. The maximum atomic E-state index is 5.14. The largest absolute Gasteiger partial charge is 0.481 e. The molecule has 5 heteroatoms. The van der Waals surface area contributed by atoms with Gasteiger partial charge in [-0.15, -0.1) is 0 Å². The van der Waals surface area contributed by atoms with E-state index < -0.39 is 0 Å². The van der Waals surface area contributed by atoms with Crippen LogP contribution in [0.3, 0.4) is 0 Å². The Balaban J connectivity index is 1.84. The molecule has 0 aromatic carbocycles. The summed E-state index contributed by atoms with van der Waals surface area (Å²) < 4.78 is 5.14. The summed E-state index contributed by atoms with van der Waals surface area (Å²) in [6.45, 7) is 6.54. The van der Waals surface area contributed by atoms with Crippen LogP contribution in [0, 0.1) is 0 Å². The van der Waals surface area contributed by atoms with Gasteiger partial charge < -0.3 is 15.0 Å². The molecule has 1 saturated heterocycles. The van der Waals surface area contributed by atoms with Crippen LogP contribution < -0.4 is 15.0 Å². The molecule has 100 valence electrons. The standard InChI is InChI=1S/C13H22N4O/c1-16(10-11-17-8-6-14-7-9-17)12-4-3-5-13(15-12)18-2/h3-5,14H,6-11H2,1-2H3. The first kappa shape index (κ1) is 13.1. The molecular formula is C13H22N4O. The quantitative estimate of drug-likeness (QED) is 0.821. The van der Waals surface area contributed by atoms with E-state index in [2.05, 4.69) is 27.1 Å². The Morgan fingerprint density at radius 1 is 1.39 bits per heavy atom. The van der Waals surface area contributed by atoms with Gasteiger partial charge in [0.05, 0.1) is 7.11 Å². The van der Waals surface area contributed by atoms with E-state index in [1.54, 1.807) is 7.11 Å². The van der Waals surface area contributed by atoms with Gasteiger partial charge in [0.15, 0.2) is 0 Å². The van der Waals surface area contributed by atoms with Gasteiger partial charge in [-0.05, 0) is 6.07 Å². The molecule has 1 fully saturated rings. The lowest BCUT2D eigenvalue weighted by molar-refractivity contribution is 0.246. The van der Waals surface area contributed by atoms with Crippen LogP contribution in [0.1, 0.15) is 0 Å². The zero-order valence-corrected chi connectivity index (χ0v) is 11.2. The Morgan fingerprint density at radius 2 is 2.17 bits per heavy atom. The van der Waals surface area contributed by atoms with Crippen molar-refractivity contribution in [3.63, 3.8) is 0 Å². The van der Waals surface area contributed by atoms with Crippen molar-refractivity contribution in [3.8, 4) is 5.88 Å². The number of rotatable bonds is 5. The minimum Gasteiger partial charge on any atom is -0.481 e. The van der Waals surface area contributed by atoms with Gasteiger partial charge in [-0.1, -0.05) is 6.07 Å². The number of piperazine rings is 1. The number of methoxy groups -OCH3 is 1. The van der Waals surface area contributed by atoms with E-state index in [0.29, 0.717) is 5.88 Å². The molecule has 2 heterocycles. The van der Waals surface area contributed by atoms with Gasteiger partial charge in [0, 0.05) is 52.4 Å². The molecule has 5 nitrogen and oxygen atoms in total. The molecule has 1 aliphatic heterocycles. The normalized spacial score (nSPS) is 16.6. The fraction of sp³-hybridized carbons (Fsp3) is 0.615. The summed E-state index contributed by atoms with van der Waals surface area (Å²) in [6.07, 6.45) is 0. The average Bonchev–Trinajstić information content (AvgIpc) is 2.46. The lowest BCUT2D eigenvalue weighted by Crippen LogP contribution is -2.46. The Bertz CT molecular complexity index is 366. The maximum absolute atomic E-state index is 5.14. The molecule has 1 aromatic heterocycles. The Morgan fingerprint density at radius 3 is 2.89 bits per heavy atom. The number of nitrogens with zero attached hydrogens (tertiary/aromatic N) is 3. The second kappa shape index (κ2) is 6.56. The van der Waals surface area contributed by atoms with Crippen LogP contribution in [0.25, 0.3) is 0 Å². The Kier molecular flexibility index (Phi) is 4.78. The molecule has 1 N–H and O–H groups in total. The predicted octanol–water partition coefficient (Wildman–Crippen LogP) is 0.432. The summed E-state index contributed by atoms with van der Waals surface area (Å²) in [6, 6.07) is 5.86. The number of hydrogen-bond acceptors (Lipinski definition) is 5. The Hall–Kier alpha value is -1.33. The molecule has 18 heavy (non-hydrogen) atoms. The highest BCUT2D eigenvalue weighted by atomic mass is 16.5. The van der Waals surface area contributed by atoms with Crippen molar-refractivity contribution in [1.29, 1.82) is 0 Å². The van der Waals surface area contributed by atoms with Crippen molar-refractivity contribution in [1.82, 2.24) is 15.2 Å². The molecule has 0 atom stereocenters. The van der Waals surface area contributed by atoms with Crippen LogP contribution in [0.4, 0.5) is 5.82 Å². The van der Waals surface area contributed by atoms with Gasteiger partial charge >= 0.3 is 0 Å². The summed E-state index contributed by atoms with van der Waals surface area (Å²) in [4.78, 5) is 9.08. The average molecular weight is 250 g/mol. The van der Waals surface area contributed by atoms with Crippen LogP contribution in [0.2, 0.25) is 0 Å². The van der Waals surface area contributed by atoms with Crippen LogP contribution in [0.15, 0.2) is 18.2 Å². The van der Waals surface area contributed by atoms with Crippen molar-refractivity contribution in [2.24, 2.45) is 0 Å². The van der Waals surface area contributed by atoms with Crippen molar-refractivity contribution in [3.05, 3.63) is 18.2 Å². The van der Waals surface area contributed by atoms with Gasteiger partial charge in [0.2, 0.25) is 5.88 Å². The number of nitrogens with one attached hydrogen (secondary N) is 1. The highest BCUT2D eigenvalue weighted by Gasteiger charge is 2.10. The van der Waals surface area contributed by atoms with Crippen molar-refractivity contribution in [2.75, 3.05) is 58.3 Å². The zero-order valence-electron chi connectivity index (χ0n) is 11.2. The number of aromatic nitrogens is 1. The zero-order chi connectivity index (χ0) is 12.8. The first-order valence-electron chi connectivity index (χ1n) is 6.45. The number of anilines is 1. The molecule has 0 aliphatic carbocycles. The van der Waals surface area contributed by atoms with E-state index >= 15 is 0 Å². The number of ether oxygens (including phenoxy) is 1. The first-order chi connectivity index (χ1) is 8.79. The molecule has 0 radical (unpaired) electrons. The van der Waals surface area contributed by atoms with E-state index in [1.165, 1.54) is 0 Å². The molecular weight excluding hydrogens is 228 g/mol. The van der Waals surface area contributed by atoms with Gasteiger partial charge in [-0.2, -0.15) is 4.98 Å². The smallest absolute Gasteiger partial charge is 0.214 e. The molecule has 0 unspecified atom stereocenters. The highest BCUT2D eigenvalue weighted by Crippen LogP contribution is 2.13. The second-order valence-corrected chi connectivity index (χ2v) is 4.55. The van der Waals surface area contributed by atoms with E-state index in [-0.39, 0.29) is 0 Å². The van der Waals surface area contributed by atoms with Crippen LogP contribution >= 0.6 is 0 Å². The van der Waals surface area contributed by atoms with E-state index in [1.807, 2.05) is 18.2 Å². The molecule has 2 rings (SSSR count). The summed E-state index contributed by atoms with van der Waals surface area (Å²) in [5.41, 5.74) is 0. The minimum absolute atomic E-state index is 0.668. The second-order valence-electron chi connectivity index (χ2n) is 4.55. The minimum atomic E-state index is 0.668. The predicted molar refractivity (Wildman–Crippen MR) is 73.4 cm³/mol. The third-order valence-electron chi connectivity index (χ3n) is 3.27. The fourth-order valence-electron chi connectivity index (χ4n) is 2.07. The number of pyridine rings is 1. The van der Waals surface area contributed by atoms with E-state index in [4.69, 9.17) is 4.74 Å². The molecule has 1 aliphatic rings. The molecule has 0 bridgehead atoms. The van der Waals surface area contributed by atoms with Gasteiger partial charge in [0.25, 0.3) is 0 Å². The third-order valence-corrected chi connectivity index (χ3v) is 3.27. The van der Waals surface area contributed by atoms with Crippen molar-refractivity contribution >= 4 is 5.82 Å². The van der Waals surface area contributed by atoms with Crippen molar-refractivity contribution < 1.29 is 4.74 Å². The lowest BCUT2D eigenvalue weighted by Gasteiger charge is -2.29. The molecule has 0 amide bonds. The van der Waals surface area contributed by atoms with E-state index in [0.717, 1.165) is 45.1 Å². The van der Waals surface area contributed by atoms with Crippen LogP contribution in [-0.4, -0.2) is 63.3 Å². The number of likely N-dealkylation sites (N-methyl/N-ethyl adjacent to an activating group) is 1. The summed E-state index contributed by atoms with van der Waals surface area (Å²) in [5, 5.41) is 3.36. The lowest BCUT2D eigenvalue weighted by atomic mass is 10.3. The van der Waals surface area contributed by atoms with E-state index in [9.17, 15) is 0 Å². The molecule has 0 saturated carbocycles. The van der Waals surface area contributed by atoms with Gasteiger partial charge in [0.1, 0.15) is 5.82 Å². The molecule has 0 spiro atoms. The van der Waals surface area contributed by atoms with Crippen LogP contribution in [0.5, 0.6) is 5.88 Å². The topological polar surface area (TPSA) is 40.6 Å².